The topological polar surface area (TPSA) is 29.1 Å². The average Bonchev–Trinajstić information content (AvgIpc) is 2.53. The number of rotatable bonds is 5. The third-order valence-corrected chi connectivity index (χ3v) is 4.40. The Morgan fingerprint density at radius 3 is 2.20 bits per heavy atom. The van der Waals surface area contributed by atoms with Gasteiger partial charge in [0.05, 0.1) is 6.04 Å². The van der Waals surface area contributed by atoms with Crippen molar-refractivity contribution in [1.82, 2.24) is 5.32 Å². The van der Waals surface area contributed by atoms with Gasteiger partial charge >= 0.3 is 0 Å². The Bertz CT molecular complexity index is 447. The predicted octanol–water partition coefficient (Wildman–Crippen LogP) is 3.70. The van der Waals surface area contributed by atoms with Gasteiger partial charge in [-0.05, 0) is 55.3 Å². The Kier molecular flexibility index (Phi) is 5.36. The molecule has 1 aromatic carbocycles. The van der Waals surface area contributed by atoms with Crippen LogP contribution in [0.3, 0.4) is 0 Å². The van der Waals surface area contributed by atoms with Crippen LogP contribution in [0.15, 0.2) is 12.1 Å². The maximum Gasteiger partial charge on any atom is 0.180 e. The highest BCUT2D eigenvalue weighted by Gasteiger charge is 2.25. The van der Waals surface area contributed by atoms with E-state index < -0.39 is 0 Å². The lowest BCUT2D eigenvalue weighted by Crippen LogP contribution is -2.41. The van der Waals surface area contributed by atoms with E-state index in [-0.39, 0.29) is 6.04 Å². The van der Waals surface area contributed by atoms with Crippen molar-refractivity contribution in [3.05, 3.63) is 34.4 Å². The molecule has 1 N–H and O–H groups in total. The smallest absolute Gasteiger partial charge is 0.180 e. The van der Waals surface area contributed by atoms with Crippen molar-refractivity contribution in [1.29, 1.82) is 0 Å². The maximum atomic E-state index is 12.9. The van der Waals surface area contributed by atoms with Crippen LogP contribution in [0.1, 0.15) is 67.1 Å². The van der Waals surface area contributed by atoms with Crippen molar-refractivity contribution in [3.8, 4) is 0 Å². The molecular formula is C18H27NO. The lowest BCUT2D eigenvalue weighted by Gasteiger charge is -2.24. The highest BCUT2D eigenvalue weighted by Crippen LogP contribution is 2.23. The predicted molar refractivity (Wildman–Crippen MR) is 84.5 cm³/mol. The van der Waals surface area contributed by atoms with Crippen molar-refractivity contribution in [2.45, 2.75) is 65.3 Å². The maximum absolute atomic E-state index is 12.9. The summed E-state index contributed by atoms with van der Waals surface area (Å²) in [7, 11) is 0. The van der Waals surface area contributed by atoms with Crippen molar-refractivity contribution in [3.63, 3.8) is 0 Å². The first-order valence-electron chi connectivity index (χ1n) is 8.13. The number of aryl methyl sites for hydroxylation is 3. The molecule has 1 saturated heterocycles. The van der Waals surface area contributed by atoms with E-state index in [1.54, 1.807) is 0 Å². The molecule has 1 unspecified atom stereocenters. The first-order valence-corrected chi connectivity index (χ1v) is 8.13. The van der Waals surface area contributed by atoms with E-state index in [0.717, 1.165) is 37.8 Å². The summed E-state index contributed by atoms with van der Waals surface area (Å²) in [4.78, 5) is 12.9. The van der Waals surface area contributed by atoms with E-state index in [9.17, 15) is 4.79 Å². The number of Topliss-reactive ketones (excluding diaryl/α,β-unsaturated/α-hetero) is 1. The summed E-state index contributed by atoms with van der Waals surface area (Å²) in [6, 6.07) is 4.50. The number of ketones is 1. The van der Waals surface area contributed by atoms with Crippen LogP contribution < -0.4 is 5.32 Å². The SMILES string of the molecule is CCc1cc(CC)c(C(=O)C2CCCCN2)c(CC)c1. The van der Waals surface area contributed by atoms with Crippen LogP contribution in [0.2, 0.25) is 0 Å². The molecule has 1 aromatic rings. The number of piperidine rings is 1. The minimum Gasteiger partial charge on any atom is -0.307 e. The first-order chi connectivity index (χ1) is 9.71. The van der Waals surface area contributed by atoms with Crippen molar-refractivity contribution in [2.24, 2.45) is 0 Å². The van der Waals surface area contributed by atoms with Gasteiger partial charge in [-0.3, -0.25) is 4.79 Å². The fourth-order valence-corrected chi connectivity index (χ4v) is 3.17. The monoisotopic (exact) mass is 273 g/mol. The summed E-state index contributed by atoms with van der Waals surface area (Å²) in [5, 5.41) is 3.40. The summed E-state index contributed by atoms with van der Waals surface area (Å²) in [6.45, 7) is 7.46. The lowest BCUT2D eigenvalue weighted by atomic mass is 9.87. The largest absolute Gasteiger partial charge is 0.307 e. The quantitative estimate of drug-likeness (QED) is 0.829. The van der Waals surface area contributed by atoms with E-state index in [2.05, 4.69) is 38.2 Å². The zero-order valence-corrected chi connectivity index (χ0v) is 13.1. The van der Waals surface area contributed by atoms with Gasteiger partial charge in [-0.2, -0.15) is 0 Å². The van der Waals surface area contributed by atoms with Gasteiger partial charge in [0.15, 0.2) is 5.78 Å². The molecule has 0 saturated carbocycles. The molecule has 0 spiro atoms. The van der Waals surface area contributed by atoms with Crippen LogP contribution in [0.25, 0.3) is 0 Å². The van der Waals surface area contributed by atoms with Gasteiger partial charge in [0, 0.05) is 5.56 Å². The minimum absolute atomic E-state index is 0.0341. The average molecular weight is 273 g/mol. The van der Waals surface area contributed by atoms with Gasteiger partial charge in [-0.25, -0.2) is 0 Å². The van der Waals surface area contributed by atoms with Crippen LogP contribution in [0.4, 0.5) is 0 Å². The summed E-state index contributed by atoms with van der Waals surface area (Å²) in [6.07, 6.45) is 6.26. The number of hydrogen-bond acceptors (Lipinski definition) is 2. The molecule has 0 radical (unpaired) electrons. The van der Waals surface area contributed by atoms with E-state index in [4.69, 9.17) is 0 Å². The Morgan fingerprint density at radius 2 is 1.75 bits per heavy atom. The second-order valence-electron chi connectivity index (χ2n) is 5.72. The third-order valence-electron chi connectivity index (χ3n) is 4.40. The van der Waals surface area contributed by atoms with E-state index >= 15 is 0 Å². The van der Waals surface area contributed by atoms with Gasteiger partial charge in [0.25, 0.3) is 0 Å². The Hall–Kier alpha value is -1.15. The van der Waals surface area contributed by atoms with E-state index in [1.807, 2.05) is 0 Å². The van der Waals surface area contributed by atoms with Crippen molar-refractivity contribution >= 4 is 5.78 Å². The summed E-state index contributed by atoms with van der Waals surface area (Å²) in [5.41, 5.74) is 4.83. The second kappa shape index (κ2) is 7.03. The second-order valence-corrected chi connectivity index (χ2v) is 5.72. The summed E-state index contributed by atoms with van der Waals surface area (Å²) in [5.74, 6) is 0.320. The number of carbonyl (C=O) groups is 1. The Balaban J connectivity index is 2.39. The molecule has 1 atom stereocenters. The van der Waals surface area contributed by atoms with Crippen LogP contribution >= 0.6 is 0 Å². The lowest BCUT2D eigenvalue weighted by molar-refractivity contribution is 0.0925. The molecule has 20 heavy (non-hydrogen) atoms. The fourth-order valence-electron chi connectivity index (χ4n) is 3.17. The molecule has 0 aliphatic carbocycles. The highest BCUT2D eigenvalue weighted by atomic mass is 16.1. The molecular weight excluding hydrogens is 246 g/mol. The molecule has 1 aliphatic heterocycles. The van der Waals surface area contributed by atoms with Crippen LogP contribution in [0.5, 0.6) is 0 Å². The number of hydrogen-bond donors (Lipinski definition) is 1. The molecule has 1 fully saturated rings. The zero-order valence-electron chi connectivity index (χ0n) is 13.1. The van der Waals surface area contributed by atoms with Gasteiger partial charge in [-0.15, -0.1) is 0 Å². The molecule has 2 heteroatoms. The molecule has 0 amide bonds. The van der Waals surface area contributed by atoms with E-state index in [1.165, 1.54) is 29.5 Å². The summed E-state index contributed by atoms with van der Waals surface area (Å²) < 4.78 is 0. The molecule has 0 bridgehead atoms. The summed E-state index contributed by atoms with van der Waals surface area (Å²) >= 11 is 0. The molecule has 0 aromatic heterocycles. The van der Waals surface area contributed by atoms with Crippen molar-refractivity contribution < 1.29 is 4.79 Å². The van der Waals surface area contributed by atoms with Gasteiger partial charge < -0.3 is 5.32 Å². The highest BCUT2D eigenvalue weighted by molar-refractivity contribution is 6.02. The molecule has 110 valence electrons. The van der Waals surface area contributed by atoms with Crippen molar-refractivity contribution in [2.75, 3.05) is 6.54 Å². The zero-order chi connectivity index (χ0) is 14.5. The number of benzene rings is 1. The normalized spacial score (nSPS) is 19.1. The van der Waals surface area contributed by atoms with Gasteiger partial charge in [0.2, 0.25) is 0 Å². The van der Waals surface area contributed by atoms with Gasteiger partial charge in [-0.1, -0.05) is 39.3 Å². The molecule has 1 heterocycles. The molecule has 2 rings (SSSR count). The number of carbonyl (C=O) groups excluding carboxylic acids is 1. The van der Waals surface area contributed by atoms with Crippen LogP contribution in [-0.4, -0.2) is 18.4 Å². The van der Waals surface area contributed by atoms with Crippen LogP contribution in [-0.2, 0) is 19.3 Å². The van der Waals surface area contributed by atoms with E-state index in [0.29, 0.717) is 5.78 Å². The Labute approximate surface area is 123 Å². The van der Waals surface area contributed by atoms with Crippen LogP contribution in [0, 0.1) is 0 Å². The molecule has 1 aliphatic rings. The molecule has 2 nitrogen and oxygen atoms in total. The number of nitrogens with one attached hydrogen (secondary N) is 1. The standard InChI is InChI=1S/C18H27NO/c1-4-13-11-14(5-2)17(15(6-3)12-13)18(20)16-9-7-8-10-19-16/h11-12,16,19H,4-10H2,1-3H3. The first kappa shape index (κ1) is 15.2. The Morgan fingerprint density at radius 1 is 1.10 bits per heavy atom. The third kappa shape index (κ3) is 3.12. The fraction of sp³-hybridized carbons (Fsp3) is 0.611. The van der Waals surface area contributed by atoms with Gasteiger partial charge in [0.1, 0.15) is 0 Å². The minimum atomic E-state index is 0.0341.